The molecule has 0 saturated carbocycles. The normalized spacial score (nSPS) is 10.8. The predicted molar refractivity (Wildman–Crippen MR) is 85.3 cm³/mol. The maximum atomic E-state index is 14.1. The van der Waals surface area contributed by atoms with E-state index in [0.29, 0.717) is 5.69 Å². The van der Waals surface area contributed by atoms with E-state index < -0.39 is 17.6 Å². The van der Waals surface area contributed by atoms with E-state index in [0.717, 1.165) is 23.3 Å². The number of hydrogen-bond donors (Lipinski definition) is 1. The number of aromatic nitrogens is 2. The lowest BCUT2D eigenvalue weighted by atomic mass is 10.1. The van der Waals surface area contributed by atoms with Crippen molar-refractivity contribution in [2.24, 2.45) is 0 Å². The van der Waals surface area contributed by atoms with Gasteiger partial charge in [0.1, 0.15) is 11.6 Å². The van der Waals surface area contributed by atoms with Gasteiger partial charge in [-0.05, 0) is 49.2 Å². The minimum Gasteiger partial charge on any atom is -0.476 e. The van der Waals surface area contributed by atoms with E-state index in [4.69, 9.17) is 0 Å². The lowest BCUT2D eigenvalue weighted by molar-refractivity contribution is 0.0691. The smallest absolute Gasteiger partial charge is 0.356 e. The van der Waals surface area contributed by atoms with E-state index in [9.17, 15) is 18.7 Å². The molecule has 0 fully saturated rings. The van der Waals surface area contributed by atoms with Gasteiger partial charge in [0.05, 0.1) is 5.56 Å². The summed E-state index contributed by atoms with van der Waals surface area (Å²) in [6.07, 6.45) is 1.26. The van der Waals surface area contributed by atoms with Crippen molar-refractivity contribution in [2.75, 3.05) is 0 Å². The van der Waals surface area contributed by atoms with E-state index in [2.05, 4.69) is 4.98 Å². The van der Waals surface area contributed by atoms with Crippen LogP contribution in [-0.2, 0) is 0 Å². The summed E-state index contributed by atoms with van der Waals surface area (Å²) in [6, 6.07) is 8.88. The number of rotatable bonds is 3. The van der Waals surface area contributed by atoms with Crippen LogP contribution in [0.5, 0.6) is 0 Å². The molecule has 2 aromatic carbocycles. The van der Waals surface area contributed by atoms with Crippen LogP contribution in [0, 0.1) is 25.5 Å². The van der Waals surface area contributed by atoms with Crippen molar-refractivity contribution in [3.05, 3.63) is 71.1 Å². The molecule has 6 heteroatoms. The SMILES string of the molecule is Cc1ccc(-n2cc(C(=O)O)nc2-c2c(F)cccc2F)cc1C. The summed E-state index contributed by atoms with van der Waals surface area (Å²) >= 11 is 0. The molecule has 1 N–H and O–H groups in total. The van der Waals surface area contributed by atoms with Crippen LogP contribution in [0.2, 0.25) is 0 Å². The summed E-state index contributed by atoms with van der Waals surface area (Å²) in [6.45, 7) is 3.84. The highest BCUT2D eigenvalue weighted by Crippen LogP contribution is 2.28. The van der Waals surface area contributed by atoms with Gasteiger partial charge in [0, 0.05) is 11.9 Å². The van der Waals surface area contributed by atoms with Crippen molar-refractivity contribution >= 4 is 5.97 Å². The number of carboxylic acids is 1. The molecule has 1 aromatic heterocycles. The van der Waals surface area contributed by atoms with Gasteiger partial charge in [-0.15, -0.1) is 0 Å². The van der Waals surface area contributed by atoms with Crippen LogP contribution in [0.15, 0.2) is 42.6 Å². The molecular weight excluding hydrogens is 314 g/mol. The van der Waals surface area contributed by atoms with E-state index in [1.165, 1.54) is 16.8 Å². The fourth-order valence-corrected chi connectivity index (χ4v) is 2.44. The molecule has 3 aromatic rings. The molecule has 122 valence electrons. The second-order valence-corrected chi connectivity index (χ2v) is 5.49. The molecule has 24 heavy (non-hydrogen) atoms. The first kappa shape index (κ1) is 15.9. The van der Waals surface area contributed by atoms with Crippen molar-refractivity contribution in [2.45, 2.75) is 13.8 Å². The van der Waals surface area contributed by atoms with Crippen LogP contribution < -0.4 is 0 Å². The van der Waals surface area contributed by atoms with Gasteiger partial charge in [0.15, 0.2) is 11.5 Å². The zero-order chi connectivity index (χ0) is 17.4. The third kappa shape index (κ3) is 2.67. The van der Waals surface area contributed by atoms with Gasteiger partial charge in [-0.3, -0.25) is 4.57 Å². The Morgan fingerprint density at radius 2 is 1.75 bits per heavy atom. The Bertz CT molecular complexity index is 928. The van der Waals surface area contributed by atoms with Crippen molar-refractivity contribution in [3.8, 4) is 17.1 Å². The molecule has 0 saturated heterocycles. The Hall–Kier alpha value is -3.02. The highest BCUT2D eigenvalue weighted by atomic mass is 19.1. The summed E-state index contributed by atoms with van der Waals surface area (Å²) in [4.78, 5) is 15.2. The van der Waals surface area contributed by atoms with Gasteiger partial charge in [0.2, 0.25) is 0 Å². The Balaban J connectivity index is 2.29. The number of aromatic carboxylic acids is 1. The third-order valence-corrected chi connectivity index (χ3v) is 3.88. The fraction of sp³-hybridized carbons (Fsp3) is 0.111. The van der Waals surface area contributed by atoms with Crippen molar-refractivity contribution in [1.29, 1.82) is 0 Å². The van der Waals surface area contributed by atoms with Gasteiger partial charge in [0.25, 0.3) is 0 Å². The summed E-state index contributed by atoms with van der Waals surface area (Å²) < 4.78 is 29.7. The molecule has 0 amide bonds. The average Bonchev–Trinajstić information content (AvgIpc) is 2.95. The first-order chi connectivity index (χ1) is 11.4. The maximum Gasteiger partial charge on any atom is 0.356 e. The standard InChI is InChI=1S/C18H14F2N2O2/c1-10-6-7-12(8-11(10)2)22-9-15(18(23)24)21-17(22)16-13(19)4-3-5-14(16)20/h3-9H,1-2H3,(H,23,24). The maximum absolute atomic E-state index is 14.1. The van der Waals surface area contributed by atoms with E-state index in [-0.39, 0.29) is 17.1 Å². The van der Waals surface area contributed by atoms with Crippen molar-refractivity contribution < 1.29 is 18.7 Å². The molecule has 1 heterocycles. The lowest BCUT2D eigenvalue weighted by Gasteiger charge is -2.11. The van der Waals surface area contributed by atoms with Crippen molar-refractivity contribution in [3.63, 3.8) is 0 Å². The predicted octanol–water partition coefficient (Wildman–Crippen LogP) is 4.13. The summed E-state index contributed by atoms with van der Waals surface area (Å²) in [5.41, 5.74) is 1.96. The highest BCUT2D eigenvalue weighted by molar-refractivity contribution is 5.86. The average molecular weight is 328 g/mol. The highest BCUT2D eigenvalue weighted by Gasteiger charge is 2.21. The summed E-state index contributed by atoms with van der Waals surface area (Å²) in [5, 5.41) is 9.19. The zero-order valence-corrected chi connectivity index (χ0v) is 13.0. The first-order valence-corrected chi connectivity index (χ1v) is 7.23. The van der Waals surface area contributed by atoms with Gasteiger partial charge in [-0.25, -0.2) is 18.6 Å². The molecule has 0 aliphatic heterocycles. The minimum absolute atomic E-state index is 0.0914. The molecule has 0 unspecified atom stereocenters. The molecule has 4 nitrogen and oxygen atoms in total. The molecule has 3 rings (SSSR count). The largest absolute Gasteiger partial charge is 0.476 e. The Kier molecular flexibility index (Phi) is 3.89. The number of halogens is 2. The molecule has 0 aliphatic carbocycles. The molecule has 0 spiro atoms. The molecular formula is C18H14F2N2O2. The molecule has 0 radical (unpaired) electrons. The van der Waals surface area contributed by atoms with Gasteiger partial charge in [-0.1, -0.05) is 12.1 Å². The number of nitrogens with zero attached hydrogens (tertiary/aromatic N) is 2. The summed E-state index contributed by atoms with van der Waals surface area (Å²) in [7, 11) is 0. The van der Waals surface area contributed by atoms with Crippen LogP contribution >= 0.6 is 0 Å². The molecule has 0 atom stereocenters. The number of hydrogen-bond acceptors (Lipinski definition) is 2. The van der Waals surface area contributed by atoms with Gasteiger partial charge < -0.3 is 5.11 Å². The third-order valence-electron chi connectivity index (χ3n) is 3.88. The van der Waals surface area contributed by atoms with Crippen LogP contribution in [-0.4, -0.2) is 20.6 Å². The zero-order valence-electron chi connectivity index (χ0n) is 13.0. The lowest BCUT2D eigenvalue weighted by Crippen LogP contribution is -2.01. The number of carbonyl (C=O) groups is 1. The fourth-order valence-electron chi connectivity index (χ4n) is 2.44. The van der Waals surface area contributed by atoms with E-state index >= 15 is 0 Å². The first-order valence-electron chi connectivity index (χ1n) is 7.23. The van der Waals surface area contributed by atoms with Gasteiger partial charge in [-0.2, -0.15) is 0 Å². The van der Waals surface area contributed by atoms with Crippen LogP contribution in [0.4, 0.5) is 8.78 Å². The number of benzene rings is 2. The molecule has 0 bridgehead atoms. The van der Waals surface area contributed by atoms with Crippen LogP contribution in [0.1, 0.15) is 21.6 Å². The van der Waals surface area contributed by atoms with E-state index in [1.54, 1.807) is 6.07 Å². The second-order valence-electron chi connectivity index (χ2n) is 5.49. The number of carboxylic acid groups (broad SMARTS) is 1. The molecule has 0 aliphatic rings. The Labute approximate surface area is 137 Å². The van der Waals surface area contributed by atoms with Crippen LogP contribution in [0.3, 0.4) is 0 Å². The number of imidazole rings is 1. The quantitative estimate of drug-likeness (QED) is 0.786. The number of aryl methyl sites for hydroxylation is 2. The van der Waals surface area contributed by atoms with Crippen LogP contribution in [0.25, 0.3) is 17.1 Å². The summed E-state index contributed by atoms with van der Waals surface area (Å²) in [5.74, 6) is -2.97. The monoisotopic (exact) mass is 328 g/mol. The Morgan fingerprint density at radius 3 is 2.33 bits per heavy atom. The second kappa shape index (κ2) is 5.88. The minimum atomic E-state index is -1.27. The van der Waals surface area contributed by atoms with Crippen molar-refractivity contribution in [1.82, 2.24) is 9.55 Å². The topological polar surface area (TPSA) is 55.1 Å². The van der Waals surface area contributed by atoms with E-state index in [1.807, 2.05) is 26.0 Å². The Morgan fingerprint density at radius 1 is 1.08 bits per heavy atom. The van der Waals surface area contributed by atoms with Gasteiger partial charge >= 0.3 is 5.97 Å².